The number of aliphatic hydroxyl groups excluding tert-OH is 1. The Morgan fingerprint density at radius 1 is 0.600 bits per heavy atom. The molecule has 0 aromatic carbocycles. The summed E-state index contributed by atoms with van der Waals surface area (Å²) in [6.07, 6.45) is 14.8. The van der Waals surface area contributed by atoms with Crippen molar-refractivity contribution in [1.82, 2.24) is 0 Å². The molecule has 0 spiro atoms. The van der Waals surface area contributed by atoms with Crippen LogP contribution in [0.4, 0.5) is 0 Å². The molecule has 1 nitrogen and oxygen atoms in total. The fourth-order valence-corrected chi connectivity index (χ4v) is 3.51. The Kier molecular flexibility index (Phi) is 4.49. The van der Waals surface area contributed by atoms with Crippen LogP contribution < -0.4 is 0 Å². The predicted molar refractivity (Wildman–Crippen MR) is 63.8 cm³/mol. The fourth-order valence-electron chi connectivity index (χ4n) is 3.51. The van der Waals surface area contributed by atoms with Crippen LogP contribution in [0.1, 0.15) is 70.6 Å². The summed E-state index contributed by atoms with van der Waals surface area (Å²) in [5.41, 5.74) is 0. The van der Waals surface area contributed by atoms with E-state index in [1.807, 2.05) is 0 Å². The Morgan fingerprint density at radius 3 is 1.33 bits per heavy atom. The van der Waals surface area contributed by atoms with E-state index in [-0.39, 0.29) is 6.10 Å². The molecule has 1 heteroatoms. The van der Waals surface area contributed by atoms with Crippen molar-refractivity contribution in [3.05, 3.63) is 0 Å². The van der Waals surface area contributed by atoms with Crippen LogP contribution in [0.3, 0.4) is 0 Å². The van der Waals surface area contributed by atoms with Gasteiger partial charge in [0.2, 0.25) is 0 Å². The van der Waals surface area contributed by atoms with Gasteiger partial charge in [0.15, 0.2) is 0 Å². The quantitative estimate of drug-likeness (QED) is 0.685. The normalized spacial score (nSPS) is 28.6. The molecule has 2 aliphatic carbocycles. The molecule has 2 rings (SSSR count). The Labute approximate surface area is 94.3 Å². The van der Waals surface area contributed by atoms with Gasteiger partial charge in [-0.3, -0.25) is 0 Å². The van der Waals surface area contributed by atoms with Crippen molar-refractivity contribution in [2.45, 2.75) is 76.7 Å². The summed E-state index contributed by atoms with van der Waals surface area (Å²) in [6.45, 7) is 0. The maximum atomic E-state index is 10.4. The van der Waals surface area contributed by atoms with Gasteiger partial charge in [-0.1, -0.05) is 44.9 Å². The van der Waals surface area contributed by atoms with Gasteiger partial charge in [-0.15, -0.1) is 0 Å². The lowest BCUT2D eigenvalue weighted by Gasteiger charge is -2.31. The van der Waals surface area contributed by atoms with E-state index in [1.165, 1.54) is 70.6 Å². The van der Waals surface area contributed by atoms with E-state index >= 15 is 0 Å². The van der Waals surface area contributed by atoms with Gasteiger partial charge in [-0.05, 0) is 37.5 Å². The highest BCUT2D eigenvalue weighted by Crippen LogP contribution is 2.34. The van der Waals surface area contributed by atoms with Gasteiger partial charge in [0, 0.05) is 0 Å². The molecule has 0 heterocycles. The second-order valence-electron chi connectivity index (χ2n) is 5.64. The van der Waals surface area contributed by atoms with Crippen molar-refractivity contribution in [1.29, 1.82) is 0 Å². The van der Waals surface area contributed by atoms with Crippen LogP contribution in [0.2, 0.25) is 0 Å². The van der Waals surface area contributed by atoms with Crippen LogP contribution in [0, 0.1) is 11.8 Å². The molecule has 0 saturated heterocycles. The number of hydrogen-bond acceptors (Lipinski definition) is 1. The highest BCUT2D eigenvalue weighted by atomic mass is 16.3. The van der Waals surface area contributed by atoms with Crippen LogP contribution in [0.15, 0.2) is 0 Å². The van der Waals surface area contributed by atoms with Gasteiger partial charge >= 0.3 is 0 Å². The molecule has 0 bridgehead atoms. The van der Waals surface area contributed by atoms with Crippen LogP contribution in [-0.4, -0.2) is 11.2 Å². The SMILES string of the molecule is OC(C1CCCCCC1)C1CCCCC1. The highest BCUT2D eigenvalue weighted by molar-refractivity contribution is 4.80. The van der Waals surface area contributed by atoms with Crippen molar-refractivity contribution < 1.29 is 5.11 Å². The third kappa shape index (κ3) is 3.21. The molecule has 0 aromatic rings. The summed E-state index contributed by atoms with van der Waals surface area (Å²) in [7, 11) is 0. The Balaban J connectivity index is 1.83. The van der Waals surface area contributed by atoms with Crippen LogP contribution >= 0.6 is 0 Å². The first-order chi connectivity index (χ1) is 7.38. The number of aliphatic hydroxyl groups is 1. The van der Waals surface area contributed by atoms with E-state index in [0.717, 1.165) is 0 Å². The summed E-state index contributed by atoms with van der Waals surface area (Å²) < 4.78 is 0. The molecule has 2 fully saturated rings. The molecule has 0 aromatic heterocycles. The second kappa shape index (κ2) is 5.89. The topological polar surface area (TPSA) is 20.2 Å². The number of hydrogen-bond donors (Lipinski definition) is 1. The minimum atomic E-state index is 0.0309. The molecule has 1 unspecified atom stereocenters. The molecular weight excluding hydrogens is 184 g/mol. The van der Waals surface area contributed by atoms with Gasteiger partial charge in [0.05, 0.1) is 6.10 Å². The highest BCUT2D eigenvalue weighted by Gasteiger charge is 2.28. The van der Waals surface area contributed by atoms with Crippen molar-refractivity contribution >= 4 is 0 Å². The van der Waals surface area contributed by atoms with E-state index in [0.29, 0.717) is 11.8 Å². The first-order valence-electron chi connectivity index (χ1n) is 7.06. The molecular formula is C14H26O. The van der Waals surface area contributed by atoms with Gasteiger partial charge < -0.3 is 5.11 Å². The van der Waals surface area contributed by atoms with E-state index < -0.39 is 0 Å². The van der Waals surface area contributed by atoms with Gasteiger partial charge in [-0.25, -0.2) is 0 Å². The van der Waals surface area contributed by atoms with Gasteiger partial charge in [-0.2, -0.15) is 0 Å². The summed E-state index contributed by atoms with van der Waals surface area (Å²) in [6, 6.07) is 0. The summed E-state index contributed by atoms with van der Waals surface area (Å²) in [5, 5.41) is 10.4. The Hall–Kier alpha value is -0.0400. The smallest absolute Gasteiger partial charge is 0.0596 e. The molecule has 2 aliphatic rings. The molecule has 1 atom stereocenters. The first kappa shape index (κ1) is 11.4. The third-order valence-electron chi connectivity index (χ3n) is 4.52. The minimum absolute atomic E-state index is 0.0309. The molecule has 0 radical (unpaired) electrons. The van der Waals surface area contributed by atoms with Crippen molar-refractivity contribution in [2.75, 3.05) is 0 Å². The zero-order valence-electron chi connectivity index (χ0n) is 9.96. The van der Waals surface area contributed by atoms with E-state index in [1.54, 1.807) is 0 Å². The standard InChI is InChI=1S/C14H26O/c15-14(13-10-6-3-7-11-13)12-8-4-1-2-5-9-12/h12-15H,1-11H2. The average molecular weight is 210 g/mol. The van der Waals surface area contributed by atoms with E-state index in [9.17, 15) is 5.11 Å². The predicted octanol–water partition coefficient (Wildman–Crippen LogP) is 3.90. The molecule has 15 heavy (non-hydrogen) atoms. The average Bonchev–Trinajstić information content (AvgIpc) is 2.58. The molecule has 0 aliphatic heterocycles. The van der Waals surface area contributed by atoms with Crippen molar-refractivity contribution in [3.63, 3.8) is 0 Å². The third-order valence-corrected chi connectivity index (χ3v) is 4.52. The van der Waals surface area contributed by atoms with Crippen molar-refractivity contribution in [3.8, 4) is 0 Å². The summed E-state index contributed by atoms with van der Waals surface area (Å²) in [5.74, 6) is 1.28. The lowest BCUT2D eigenvalue weighted by atomic mass is 9.78. The lowest BCUT2D eigenvalue weighted by Crippen LogP contribution is -2.30. The minimum Gasteiger partial charge on any atom is -0.393 e. The second-order valence-corrected chi connectivity index (χ2v) is 5.64. The molecule has 2 saturated carbocycles. The fraction of sp³-hybridized carbons (Fsp3) is 1.00. The Morgan fingerprint density at radius 2 is 0.933 bits per heavy atom. The zero-order valence-corrected chi connectivity index (χ0v) is 9.96. The summed E-state index contributed by atoms with van der Waals surface area (Å²) >= 11 is 0. The van der Waals surface area contributed by atoms with E-state index in [4.69, 9.17) is 0 Å². The maximum absolute atomic E-state index is 10.4. The maximum Gasteiger partial charge on any atom is 0.0596 e. The van der Waals surface area contributed by atoms with E-state index in [2.05, 4.69) is 0 Å². The number of rotatable bonds is 2. The van der Waals surface area contributed by atoms with Crippen LogP contribution in [0.25, 0.3) is 0 Å². The lowest BCUT2D eigenvalue weighted by molar-refractivity contribution is 0.0272. The Bertz CT molecular complexity index is 164. The zero-order chi connectivity index (χ0) is 10.5. The van der Waals surface area contributed by atoms with Crippen LogP contribution in [0.5, 0.6) is 0 Å². The summed E-state index contributed by atoms with van der Waals surface area (Å²) in [4.78, 5) is 0. The molecule has 0 amide bonds. The van der Waals surface area contributed by atoms with Gasteiger partial charge in [0.1, 0.15) is 0 Å². The molecule has 88 valence electrons. The molecule has 1 N–H and O–H groups in total. The van der Waals surface area contributed by atoms with Crippen LogP contribution in [-0.2, 0) is 0 Å². The van der Waals surface area contributed by atoms with Crippen molar-refractivity contribution in [2.24, 2.45) is 11.8 Å². The first-order valence-corrected chi connectivity index (χ1v) is 7.06. The van der Waals surface area contributed by atoms with Gasteiger partial charge in [0.25, 0.3) is 0 Å². The monoisotopic (exact) mass is 210 g/mol. The largest absolute Gasteiger partial charge is 0.393 e.